The maximum atomic E-state index is 6.28. The lowest BCUT2D eigenvalue weighted by Crippen LogP contribution is -2.00. The Morgan fingerprint density at radius 1 is 0.169 bits per heavy atom. The van der Waals surface area contributed by atoms with E-state index < -0.39 is 0 Å². The maximum absolute atomic E-state index is 6.28. The van der Waals surface area contributed by atoms with Crippen molar-refractivity contribution in [3.8, 4) is 157 Å². The predicted octanol–water partition coefficient (Wildman–Crippen LogP) is 26.8. The topological polar surface area (TPSA) is 155 Å². The van der Waals surface area contributed by atoms with Gasteiger partial charge in [0, 0.05) is 66.7 Å². The Kier molecular flexibility index (Phi) is 18.0. The Morgan fingerprint density at radius 2 is 0.492 bits per heavy atom. The number of hydrogen-bond donors (Lipinski definition) is 0. The third-order valence-corrected chi connectivity index (χ3v) is 21.6. The molecule has 7 aromatic heterocycles. The fourth-order valence-corrected chi connectivity index (χ4v) is 15.4. The van der Waals surface area contributed by atoms with Gasteiger partial charge in [-0.15, -0.1) is 0 Å². The van der Waals surface area contributed by atoms with E-state index in [0.717, 1.165) is 172 Å². The zero-order chi connectivity index (χ0) is 78.2. The molecule has 0 radical (unpaired) electrons. The van der Waals surface area contributed by atoms with Gasteiger partial charge < -0.3 is 8.83 Å². The van der Waals surface area contributed by atoms with Gasteiger partial charge in [-0.25, -0.2) is 39.9 Å². The van der Waals surface area contributed by atoms with Crippen LogP contribution in [0.1, 0.15) is 0 Å². The highest BCUT2D eigenvalue weighted by Gasteiger charge is 2.20. The van der Waals surface area contributed by atoms with E-state index in [-0.39, 0.29) is 0 Å². The first-order chi connectivity index (χ1) is 58.4. The minimum atomic E-state index is 0.551. The zero-order valence-corrected chi connectivity index (χ0v) is 63.4. The van der Waals surface area contributed by atoms with Crippen molar-refractivity contribution in [3.05, 3.63) is 401 Å². The fraction of sp³-hybridized carbons (Fsp3) is 0. The summed E-state index contributed by atoms with van der Waals surface area (Å²) in [6.07, 6.45) is 3.72. The van der Waals surface area contributed by atoms with Gasteiger partial charge in [-0.2, -0.15) is 0 Å². The largest absolute Gasteiger partial charge is 0.454 e. The van der Waals surface area contributed by atoms with Gasteiger partial charge in [-0.3, -0.25) is 9.97 Å². The molecule has 118 heavy (non-hydrogen) atoms. The van der Waals surface area contributed by atoms with Gasteiger partial charge in [0.2, 0.25) is 5.71 Å². The minimum absolute atomic E-state index is 0.551. The van der Waals surface area contributed by atoms with Gasteiger partial charge in [0.15, 0.2) is 40.5 Å². The van der Waals surface area contributed by atoms with Gasteiger partial charge in [0.1, 0.15) is 16.7 Å². The predicted molar refractivity (Wildman–Crippen MR) is 477 cm³/mol. The van der Waals surface area contributed by atoms with Gasteiger partial charge in [0.25, 0.3) is 0 Å². The summed E-state index contributed by atoms with van der Waals surface area (Å²) >= 11 is 0. The normalized spacial score (nSPS) is 11.4. The number of rotatable bonds is 14. The minimum Gasteiger partial charge on any atom is -0.454 e. The highest BCUT2D eigenvalue weighted by Crippen LogP contribution is 2.40. The summed E-state index contributed by atoms with van der Waals surface area (Å²) in [6.45, 7) is 0. The quantitative estimate of drug-likeness (QED) is 0.102. The average Bonchev–Trinajstić information content (AvgIpc) is 1.60. The van der Waals surface area contributed by atoms with E-state index in [4.69, 9.17) is 53.7 Å². The van der Waals surface area contributed by atoms with Gasteiger partial charge in [-0.05, 0) is 145 Å². The number of pyridine rings is 2. The van der Waals surface area contributed by atoms with E-state index in [9.17, 15) is 0 Å². The van der Waals surface area contributed by atoms with Crippen LogP contribution in [0.3, 0.4) is 0 Å². The van der Waals surface area contributed by atoms with Crippen LogP contribution in [0.25, 0.3) is 224 Å². The number of aromatic nitrogens is 10. The SMILES string of the molecule is c1ccc(-c2ccc(-c3nc(-c4ccccc4)nc(-c4cccc(-c5ccc(-c6cccc(-c7cc8c(cn7)oc7c9ccccc9ncc87)c6)cc5)c4)n3)cc2)cc1.c1ccc(-c2ccc(-c3nc(-c4ccccc4)nc(-c4cccc(-c5ccc(-c6cccc(-c7ccc8c(c7)oc7nc9ccccc9nc78)c6)cc5)c4)n3)cc2)cc1. The summed E-state index contributed by atoms with van der Waals surface area (Å²) < 4.78 is 12.5. The second-order valence-electron chi connectivity index (χ2n) is 29.1. The number of furan rings is 2. The molecule has 552 valence electrons. The summed E-state index contributed by atoms with van der Waals surface area (Å²) in [6, 6.07) is 133. The Labute approximate surface area is 678 Å². The van der Waals surface area contributed by atoms with Crippen LogP contribution in [-0.4, -0.2) is 49.8 Å². The fourth-order valence-electron chi connectivity index (χ4n) is 15.4. The van der Waals surface area contributed by atoms with Crippen molar-refractivity contribution in [1.82, 2.24) is 49.8 Å². The first kappa shape index (κ1) is 69.7. The van der Waals surface area contributed by atoms with Crippen LogP contribution in [0, 0.1) is 0 Å². The lowest BCUT2D eigenvalue weighted by Gasteiger charge is -2.11. The average molecular weight is 1510 g/mol. The Balaban J connectivity index is 0.000000147. The number of benzene rings is 15. The molecule has 7 heterocycles. The van der Waals surface area contributed by atoms with Crippen LogP contribution in [0.5, 0.6) is 0 Å². The van der Waals surface area contributed by atoms with E-state index in [1.807, 2.05) is 134 Å². The molecule has 22 aromatic rings. The summed E-state index contributed by atoms with van der Waals surface area (Å²) in [7, 11) is 0. The van der Waals surface area contributed by atoms with Crippen molar-refractivity contribution in [2.24, 2.45) is 0 Å². The molecule has 15 aromatic carbocycles. The second kappa shape index (κ2) is 30.4. The van der Waals surface area contributed by atoms with Crippen molar-refractivity contribution in [3.63, 3.8) is 0 Å². The number of para-hydroxylation sites is 3. The van der Waals surface area contributed by atoms with Crippen LogP contribution < -0.4 is 0 Å². The molecule has 0 aliphatic heterocycles. The smallest absolute Gasteiger partial charge is 0.246 e. The molecule has 0 aliphatic carbocycles. The molecule has 0 aliphatic rings. The third kappa shape index (κ3) is 13.9. The van der Waals surface area contributed by atoms with E-state index >= 15 is 0 Å². The first-order valence-electron chi connectivity index (χ1n) is 39.1. The molecule has 12 heteroatoms. The number of fused-ring (bicyclic) bond motifs is 9. The van der Waals surface area contributed by atoms with Crippen molar-refractivity contribution >= 4 is 66.1 Å². The van der Waals surface area contributed by atoms with E-state index in [1.54, 1.807) is 0 Å². The van der Waals surface area contributed by atoms with Gasteiger partial charge in [0.05, 0.1) is 28.4 Å². The highest BCUT2D eigenvalue weighted by molar-refractivity contribution is 6.14. The molecule has 0 amide bonds. The van der Waals surface area contributed by atoms with Crippen LogP contribution in [0.2, 0.25) is 0 Å². The third-order valence-electron chi connectivity index (χ3n) is 21.6. The number of hydrogen-bond acceptors (Lipinski definition) is 12. The zero-order valence-electron chi connectivity index (χ0n) is 63.4. The highest BCUT2D eigenvalue weighted by atomic mass is 16.3. The van der Waals surface area contributed by atoms with Gasteiger partial charge >= 0.3 is 0 Å². The monoisotopic (exact) mass is 1510 g/mol. The van der Waals surface area contributed by atoms with Crippen molar-refractivity contribution in [1.29, 1.82) is 0 Å². The molecular weight excluding hydrogens is 1450 g/mol. The van der Waals surface area contributed by atoms with Crippen LogP contribution in [0.4, 0.5) is 0 Å². The molecule has 12 nitrogen and oxygen atoms in total. The molecular formula is C106H66N10O2. The molecule has 0 spiro atoms. The summed E-state index contributed by atoms with van der Waals surface area (Å²) in [5, 5.41) is 3.94. The molecule has 0 saturated heterocycles. The van der Waals surface area contributed by atoms with Crippen molar-refractivity contribution < 1.29 is 8.83 Å². The molecule has 0 saturated carbocycles. The van der Waals surface area contributed by atoms with Crippen LogP contribution >= 0.6 is 0 Å². The Bertz CT molecular complexity index is 7510. The maximum Gasteiger partial charge on any atom is 0.246 e. The van der Waals surface area contributed by atoms with E-state index in [2.05, 4.69) is 272 Å². The second-order valence-corrected chi connectivity index (χ2v) is 29.1. The van der Waals surface area contributed by atoms with Crippen LogP contribution in [0.15, 0.2) is 409 Å². The number of nitrogens with zero attached hydrogens (tertiary/aromatic N) is 10. The lowest BCUT2D eigenvalue weighted by molar-refractivity contribution is 0.655. The molecule has 0 atom stereocenters. The summed E-state index contributed by atoms with van der Waals surface area (Å²) in [4.78, 5) is 49.0. The van der Waals surface area contributed by atoms with Crippen LogP contribution in [-0.2, 0) is 0 Å². The molecule has 0 unspecified atom stereocenters. The Hall–Kier alpha value is -16.2. The Morgan fingerprint density at radius 3 is 0.966 bits per heavy atom. The van der Waals surface area contributed by atoms with Crippen molar-refractivity contribution in [2.45, 2.75) is 0 Å². The first-order valence-corrected chi connectivity index (χ1v) is 39.1. The van der Waals surface area contributed by atoms with E-state index in [0.29, 0.717) is 40.7 Å². The summed E-state index contributed by atoms with van der Waals surface area (Å²) in [5.41, 5.74) is 29.4. The molecule has 0 N–H and O–H groups in total. The standard InChI is InChI=1S/2C53H33N5O/c1-3-11-34(12-4-1)35-25-27-39(28-26-35)52-56-51(38-13-5-2-6-14-38)57-53(58-52)43-18-10-16-41(30-43)37-23-21-36(22-24-37)40-15-9-17-42(29-40)48-31-45-46-32-54-47-20-8-7-19-44(47)50(46)59-49(45)33-55-48;1-3-11-34(12-4-1)35-25-27-39(28-26-35)51-56-50(38-13-5-2-6-14-38)57-52(58-51)44-18-10-16-41(32-44)37-23-21-36(22-24-37)40-15-9-17-42(31-40)43-29-30-45-48(33-43)59-53-49(45)54-46-19-7-8-20-47(46)55-53/h2*1-33H. The molecule has 0 bridgehead atoms. The van der Waals surface area contributed by atoms with Gasteiger partial charge in [-0.1, -0.05) is 322 Å². The molecule has 0 fully saturated rings. The summed E-state index contributed by atoms with van der Waals surface area (Å²) in [5.74, 6) is 3.77. The van der Waals surface area contributed by atoms with E-state index in [1.165, 1.54) is 11.1 Å². The lowest BCUT2D eigenvalue weighted by atomic mass is 9.96. The molecule has 22 rings (SSSR count). The van der Waals surface area contributed by atoms with Crippen molar-refractivity contribution in [2.75, 3.05) is 0 Å².